The first-order chi connectivity index (χ1) is 18.7. The number of hydrogen-bond donors (Lipinski definition) is 2. The number of rotatable bonds is 5. The summed E-state index contributed by atoms with van der Waals surface area (Å²) >= 11 is 0. The lowest BCUT2D eigenvalue weighted by Crippen LogP contribution is -2.46. The van der Waals surface area contributed by atoms with E-state index in [1.54, 1.807) is 6.20 Å². The van der Waals surface area contributed by atoms with E-state index in [2.05, 4.69) is 48.2 Å². The van der Waals surface area contributed by atoms with Crippen LogP contribution in [0.4, 0.5) is 5.69 Å². The lowest BCUT2D eigenvalue weighted by molar-refractivity contribution is 0.141. The molecule has 7 rings (SSSR count). The predicted octanol–water partition coefficient (Wildman–Crippen LogP) is 6.06. The van der Waals surface area contributed by atoms with Crippen LogP contribution >= 0.6 is 0 Å². The molecule has 2 N–H and O–H groups in total. The lowest BCUT2D eigenvalue weighted by atomic mass is 9.99. The SMILES string of the molecule is Cc1ccnc(Oc2ccc3c(-c4nc5ccc(N6CCC(N7CCCCC7)CC6)cc5[nH]4)n[nH]c3c2)c1. The van der Waals surface area contributed by atoms with E-state index in [4.69, 9.17) is 9.72 Å². The number of aryl methyl sites for hydroxylation is 1. The van der Waals surface area contributed by atoms with Gasteiger partial charge >= 0.3 is 0 Å². The number of piperidine rings is 2. The lowest BCUT2D eigenvalue weighted by Gasteiger charge is -2.41. The molecule has 0 atom stereocenters. The summed E-state index contributed by atoms with van der Waals surface area (Å²) in [5, 5.41) is 8.72. The smallest absolute Gasteiger partial charge is 0.219 e. The summed E-state index contributed by atoms with van der Waals surface area (Å²) in [6.07, 6.45) is 8.38. The Morgan fingerprint density at radius 1 is 0.895 bits per heavy atom. The summed E-state index contributed by atoms with van der Waals surface area (Å²) < 4.78 is 5.95. The Kier molecular flexibility index (Phi) is 5.96. The van der Waals surface area contributed by atoms with Gasteiger partial charge in [-0.25, -0.2) is 9.97 Å². The van der Waals surface area contributed by atoms with Crippen LogP contribution in [0.15, 0.2) is 54.7 Å². The standard InChI is InChI=1S/C30H33N7O/c1-20-9-12-31-28(17-20)38-23-6-7-24-26(19-23)34-35-29(24)30-32-25-8-5-22(18-27(25)33-30)37-15-10-21(11-16-37)36-13-3-2-4-14-36/h5-9,12,17-19,21H,2-4,10-11,13-16H2,1H3,(H,32,33)(H,34,35). The number of ether oxygens (including phenoxy) is 1. The van der Waals surface area contributed by atoms with Crippen molar-refractivity contribution in [2.75, 3.05) is 31.1 Å². The third kappa shape index (κ3) is 4.49. The molecular weight excluding hydrogens is 474 g/mol. The largest absolute Gasteiger partial charge is 0.439 e. The number of H-pyrrole nitrogens is 2. The zero-order chi connectivity index (χ0) is 25.5. The van der Waals surface area contributed by atoms with Gasteiger partial charge in [0.05, 0.1) is 16.6 Å². The number of likely N-dealkylation sites (tertiary alicyclic amines) is 1. The van der Waals surface area contributed by atoms with Crippen LogP contribution in [0.25, 0.3) is 33.5 Å². The highest BCUT2D eigenvalue weighted by Crippen LogP contribution is 2.32. The molecule has 0 aliphatic carbocycles. The Bertz CT molecular complexity index is 1570. The normalized spacial score (nSPS) is 17.4. The second-order valence-corrected chi connectivity index (χ2v) is 10.7. The first-order valence-electron chi connectivity index (χ1n) is 13.8. The molecule has 2 aromatic carbocycles. The molecule has 0 amide bonds. The van der Waals surface area contributed by atoms with Crippen LogP contribution in [0.2, 0.25) is 0 Å². The van der Waals surface area contributed by atoms with E-state index in [0.29, 0.717) is 11.6 Å². The van der Waals surface area contributed by atoms with Gasteiger partial charge in [-0.15, -0.1) is 0 Å². The number of nitrogens with one attached hydrogen (secondary N) is 2. The first-order valence-corrected chi connectivity index (χ1v) is 13.8. The summed E-state index contributed by atoms with van der Waals surface area (Å²) in [6.45, 7) is 6.81. The molecule has 5 aromatic rings. The second kappa shape index (κ2) is 9.76. The number of anilines is 1. The molecule has 0 saturated carbocycles. The van der Waals surface area contributed by atoms with Crippen molar-refractivity contribution in [3.05, 3.63) is 60.3 Å². The monoisotopic (exact) mass is 507 g/mol. The van der Waals surface area contributed by atoms with Gasteiger partial charge in [0, 0.05) is 48.5 Å². The molecule has 0 unspecified atom stereocenters. The Hall–Kier alpha value is -3.91. The number of aromatic nitrogens is 5. The van der Waals surface area contributed by atoms with Crippen LogP contribution in [-0.2, 0) is 0 Å². The molecule has 8 nitrogen and oxygen atoms in total. The number of nitrogens with zero attached hydrogens (tertiary/aromatic N) is 5. The molecule has 194 valence electrons. The maximum atomic E-state index is 5.95. The molecule has 5 heterocycles. The number of fused-ring (bicyclic) bond motifs is 2. The van der Waals surface area contributed by atoms with E-state index in [-0.39, 0.29) is 0 Å². The molecule has 0 spiro atoms. The molecule has 0 bridgehead atoms. The summed E-state index contributed by atoms with van der Waals surface area (Å²) in [5.41, 5.74) is 6.06. The van der Waals surface area contributed by atoms with E-state index in [1.165, 1.54) is 50.9 Å². The van der Waals surface area contributed by atoms with Gasteiger partial charge in [-0.2, -0.15) is 5.10 Å². The minimum atomic E-state index is 0.577. The van der Waals surface area contributed by atoms with Crippen LogP contribution in [0.5, 0.6) is 11.6 Å². The molecular formula is C30H33N7O. The zero-order valence-corrected chi connectivity index (χ0v) is 21.8. The first kappa shape index (κ1) is 23.2. The summed E-state index contributed by atoms with van der Waals surface area (Å²) in [7, 11) is 0. The number of hydrogen-bond acceptors (Lipinski definition) is 6. The van der Waals surface area contributed by atoms with Crippen LogP contribution in [0, 0.1) is 6.92 Å². The van der Waals surface area contributed by atoms with Gasteiger partial charge in [0.1, 0.15) is 11.4 Å². The van der Waals surface area contributed by atoms with E-state index in [9.17, 15) is 0 Å². The third-order valence-electron chi connectivity index (χ3n) is 8.07. The Labute approximate surface area is 222 Å². The van der Waals surface area contributed by atoms with Crippen LogP contribution < -0.4 is 9.64 Å². The van der Waals surface area contributed by atoms with Crippen LogP contribution in [0.3, 0.4) is 0 Å². The minimum absolute atomic E-state index is 0.577. The summed E-state index contributed by atoms with van der Waals surface area (Å²) in [6, 6.07) is 17.1. The highest BCUT2D eigenvalue weighted by molar-refractivity contribution is 5.94. The highest BCUT2D eigenvalue weighted by atomic mass is 16.5. The van der Waals surface area contributed by atoms with Gasteiger partial charge in [0.15, 0.2) is 5.82 Å². The second-order valence-electron chi connectivity index (χ2n) is 10.7. The molecule has 2 aliphatic heterocycles. The number of aromatic amines is 2. The van der Waals surface area contributed by atoms with E-state index < -0.39 is 0 Å². The molecule has 3 aromatic heterocycles. The molecule has 0 radical (unpaired) electrons. The van der Waals surface area contributed by atoms with Crippen molar-refractivity contribution < 1.29 is 4.74 Å². The van der Waals surface area contributed by atoms with Crippen molar-refractivity contribution in [3.63, 3.8) is 0 Å². The fourth-order valence-corrected chi connectivity index (χ4v) is 6.01. The Morgan fingerprint density at radius 2 is 1.76 bits per heavy atom. The van der Waals surface area contributed by atoms with Crippen molar-refractivity contribution >= 4 is 27.6 Å². The van der Waals surface area contributed by atoms with Gasteiger partial charge in [-0.1, -0.05) is 6.42 Å². The van der Waals surface area contributed by atoms with E-state index in [0.717, 1.165) is 58.1 Å². The fourth-order valence-electron chi connectivity index (χ4n) is 6.01. The molecule has 2 fully saturated rings. The maximum Gasteiger partial charge on any atom is 0.219 e. The van der Waals surface area contributed by atoms with E-state index >= 15 is 0 Å². The number of pyridine rings is 1. The predicted molar refractivity (Wildman–Crippen MR) is 151 cm³/mol. The van der Waals surface area contributed by atoms with Crippen molar-refractivity contribution in [2.45, 2.75) is 45.1 Å². The van der Waals surface area contributed by atoms with Crippen molar-refractivity contribution in [3.8, 4) is 23.1 Å². The van der Waals surface area contributed by atoms with Crippen molar-refractivity contribution in [1.29, 1.82) is 0 Å². The third-order valence-corrected chi connectivity index (χ3v) is 8.07. The van der Waals surface area contributed by atoms with Crippen LogP contribution in [0.1, 0.15) is 37.7 Å². The van der Waals surface area contributed by atoms with Gasteiger partial charge in [-0.05, 0) is 87.7 Å². The average Bonchev–Trinajstić information content (AvgIpc) is 3.57. The van der Waals surface area contributed by atoms with Gasteiger partial charge in [0.25, 0.3) is 0 Å². The van der Waals surface area contributed by atoms with Gasteiger partial charge in [0.2, 0.25) is 5.88 Å². The molecule has 38 heavy (non-hydrogen) atoms. The topological polar surface area (TPSA) is 86.0 Å². The quantitative estimate of drug-likeness (QED) is 0.301. The van der Waals surface area contributed by atoms with Crippen LogP contribution in [-0.4, -0.2) is 62.3 Å². The van der Waals surface area contributed by atoms with Crippen molar-refractivity contribution in [1.82, 2.24) is 30.0 Å². The van der Waals surface area contributed by atoms with Gasteiger partial charge in [-0.3, -0.25) is 5.10 Å². The molecule has 8 heteroatoms. The molecule has 2 aliphatic rings. The zero-order valence-electron chi connectivity index (χ0n) is 21.8. The summed E-state index contributed by atoms with van der Waals surface area (Å²) in [5.74, 6) is 2.05. The average molecular weight is 508 g/mol. The molecule has 2 saturated heterocycles. The number of imidazole rings is 1. The van der Waals surface area contributed by atoms with Gasteiger partial charge < -0.3 is 19.5 Å². The van der Waals surface area contributed by atoms with Crippen molar-refractivity contribution in [2.24, 2.45) is 0 Å². The fraction of sp³-hybridized carbons (Fsp3) is 0.367. The highest BCUT2D eigenvalue weighted by Gasteiger charge is 2.26. The maximum absolute atomic E-state index is 5.95. The number of benzene rings is 2. The summed E-state index contributed by atoms with van der Waals surface area (Å²) in [4.78, 5) is 17.9. The Balaban J connectivity index is 1.09. The minimum Gasteiger partial charge on any atom is -0.439 e. The Morgan fingerprint density at radius 3 is 2.61 bits per heavy atom. The van der Waals surface area contributed by atoms with E-state index in [1.807, 2.05) is 37.3 Å².